The molecule has 0 aliphatic carbocycles. The van der Waals surface area contributed by atoms with Crippen molar-refractivity contribution in [1.29, 1.82) is 0 Å². The third-order valence-electron chi connectivity index (χ3n) is 2.67. The summed E-state index contributed by atoms with van der Waals surface area (Å²) in [5.41, 5.74) is 5.37. The molecular weight excluding hydrogens is 296 g/mol. The van der Waals surface area contributed by atoms with Crippen molar-refractivity contribution in [3.63, 3.8) is 0 Å². The van der Waals surface area contributed by atoms with Gasteiger partial charge >= 0.3 is 6.03 Å². The van der Waals surface area contributed by atoms with Crippen molar-refractivity contribution in [3.05, 3.63) is 29.8 Å². The summed E-state index contributed by atoms with van der Waals surface area (Å²) in [7, 11) is 0. The molecule has 1 aromatic rings. The highest BCUT2D eigenvalue weighted by molar-refractivity contribution is 7.80. The van der Waals surface area contributed by atoms with Crippen molar-refractivity contribution in [2.24, 2.45) is 11.7 Å². The fourth-order valence-electron chi connectivity index (χ4n) is 1.75. The molecule has 0 unspecified atom stereocenters. The average Bonchev–Trinajstić information content (AvgIpc) is 2.37. The van der Waals surface area contributed by atoms with E-state index in [-0.39, 0.29) is 11.6 Å². The number of thiocarbonyl (C=S) groups is 1. The summed E-state index contributed by atoms with van der Waals surface area (Å²) in [6, 6.07) is 2.52. The maximum Gasteiger partial charge on any atom is 0.321 e. The molecular formula is C14H19F2N3OS. The van der Waals surface area contributed by atoms with Crippen molar-refractivity contribution in [3.8, 4) is 0 Å². The second-order valence-corrected chi connectivity index (χ2v) is 5.63. The molecule has 0 aliphatic heterocycles. The van der Waals surface area contributed by atoms with Crippen LogP contribution in [0.15, 0.2) is 18.2 Å². The van der Waals surface area contributed by atoms with Crippen LogP contribution in [0.1, 0.15) is 20.3 Å². The number of hydrogen-bond donors (Lipinski definition) is 2. The van der Waals surface area contributed by atoms with Gasteiger partial charge in [0.1, 0.15) is 11.6 Å². The van der Waals surface area contributed by atoms with Crippen LogP contribution < -0.4 is 11.1 Å². The zero-order valence-corrected chi connectivity index (χ0v) is 12.8. The van der Waals surface area contributed by atoms with Crippen LogP contribution >= 0.6 is 12.2 Å². The molecule has 0 aliphatic rings. The van der Waals surface area contributed by atoms with Crippen molar-refractivity contribution in [2.75, 3.05) is 18.4 Å². The first kappa shape index (κ1) is 17.3. The first-order valence-electron chi connectivity index (χ1n) is 6.59. The summed E-state index contributed by atoms with van der Waals surface area (Å²) in [5.74, 6) is -1.28. The molecule has 4 nitrogen and oxygen atoms in total. The van der Waals surface area contributed by atoms with Crippen LogP contribution in [0.5, 0.6) is 0 Å². The highest BCUT2D eigenvalue weighted by atomic mass is 32.1. The maximum atomic E-state index is 13.5. The fraction of sp³-hybridized carbons (Fsp3) is 0.429. The van der Waals surface area contributed by atoms with E-state index in [0.717, 1.165) is 12.1 Å². The van der Waals surface area contributed by atoms with Gasteiger partial charge in [0.15, 0.2) is 0 Å². The Morgan fingerprint density at radius 2 is 2.10 bits per heavy atom. The number of halogens is 2. The van der Waals surface area contributed by atoms with Crippen molar-refractivity contribution < 1.29 is 13.6 Å². The molecule has 2 amide bonds. The Balaban J connectivity index is 2.77. The number of carbonyl (C=O) groups is 1. The molecule has 0 atom stereocenters. The lowest BCUT2D eigenvalue weighted by Crippen LogP contribution is -2.39. The summed E-state index contributed by atoms with van der Waals surface area (Å²) in [4.78, 5) is 14.0. The van der Waals surface area contributed by atoms with Crippen molar-refractivity contribution in [1.82, 2.24) is 4.90 Å². The van der Waals surface area contributed by atoms with Gasteiger partial charge in [0.05, 0.1) is 10.7 Å². The Morgan fingerprint density at radius 3 is 2.62 bits per heavy atom. The van der Waals surface area contributed by atoms with Crippen LogP contribution in [-0.4, -0.2) is 29.0 Å². The van der Waals surface area contributed by atoms with Crippen LogP contribution in [0.2, 0.25) is 0 Å². The molecule has 1 aromatic carbocycles. The highest BCUT2D eigenvalue weighted by Crippen LogP contribution is 2.16. The van der Waals surface area contributed by atoms with E-state index in [1.165, 1.54) is 11.0 Å². The van der Waals surface area contributed by atoms with Crippen molar-refractivity contribution in [2.45, 2.75) is 20.3 Å². The zero-order valence-electron chi connectivity index (χ0n) is 12.0. The Bertz CT molecular complexity index is 523. The molecule has 0 radical (unpaired) electrons. The topological polar surface area (TPSA) is 58.4 Å². The summed E-state index contributed by atoms with van der Waals surface area (Å²) in [6.45, 7) is 4.75. The number of nitrogens with zero attached hydrogens (tertiary/aromatic N) is 1. The Hall–Kier alpha value is -1.76. The number of rotatable bonds is 6. The lowest BCUT2D eigenvalue weighted by molar-refractivity contribution is 0.206. The van der Waals surface area contributed by atoms with Gasteiger partial charge in [-0.25, -0.2) is 13.6 Å². The van der Waals surface area contributed by atoms with E-state index in [1.807, 2.05) is 13.8 Å². The second-order valence-electron chi connectivity index (χ2n) is 5.11. The van der Waals surface area contributed by atoms with Gasteiger partial charge in [-0.1, -0.05) is 26.1 Å². The smallest absolute Gasteiger partial charge is 0.321 e. The number of amides is 2. The van der Waals surface area contributed by atoms with Crippen LogP contribution in [0.4, 0.5) is 19.3 Å². The summed E-state index contributed by atoms with van der Waals surface area (Å²) < 4.78 is 26.4. The second kappa shape index (κ2) is 7.87. The lowest BCUT2D eigenvalue weighted by atomic mass is 10.2. The molecule has 0 heterocycles. The number of hydrogen-bond acceptors (Lipinski definition) is 2. The Labute approximate surface area is 128 Å². The van der Waals surface area contributed by atoms with Crippen LogP contribution in [0, 0.1) is 17.6 Å². The predicted molar refractivity (Wildman–Crippen MR) is 83.2 cm³/mol. The van der Waals surface area contributed by atoms with E-state index in [2.05, 4.69) is 5.32 Å². The summed E-state index contributed by atoms with van der Waals surface area (Å²) >= 11 is 4.80. The third-order valence-corrected chi connectivity index (χ3v) is 2.88. The van der Waals surface area contributed by atoms with Gasteiger partial charge in [0.25, 0.3) is 0 Å². The van der Waals surface area contributed by atoms with Gasteiger partial charge in [-0.2, -0.15) is 0 Å². The average molecular weight is 315 g/mol. The number of carbonyl (C=O) groups excluding carboxylic acids is 1. The standard InChI is InChI=1S/C14H19F2N3OS/c1-9(2)8-19(6-5-13(17)21)14(20)18-12-4-3-10(15)7-11(12)16/h3-4,7,9H,5-6,8H2,1-2H3,(H2,17,21)(H,18,20). The minimum absolute atomic E-state index is 0.0644. The molecule has 0 fully saturated rings. The van der Waals surface area contributed by atoms with Crippen LogP contribution in [0.25, 0.3) is 0 Å². The molecule has 7 heteroatoms. The Kier molecular flexibility index (Phi) is 6.48. The van der Waals surface area contributed by atoms with E-state index in [0.29, 0.717) is 24.5 Å². The first-order valence-corrected chi connectivity index (χ1v) is 6.99. The molecule has 3 N–H and O–H groups in total. The SMILES string of the molecule is CC(C)CN(CCC(N)=S)C(=O)Nc1ccc(F)cc1F. The molecule has 0 bridgehead atoms. The number of urea groups is 1. The quantitative estimate of drug-likeness (QED) is 0.793. The summed E-state index contributed by atoms with van der Waals surface area (Å²) in [5, 5.41) is 2.43. The van der Waals surface area contributed by atoms with E-state index >= 15 is 0 Å². The van der Waals surface area contributed by atoms with E-state index < -0.39 is 17.7 Å². The number of benzene rings is 1. The van der Waals surface area contributed by atoms with Gasteiger partial charge in [-0.3, -0.25) is 0 Å². The van der Waals surface area contributed by atoms with Gasteiger partial charge in [0, 0.05) is 25.6 Å². The first-order chi connectivity index (χ1) is 9.79. The molecule has 1 rings (SSSR count). The zero-order chi connectivity index (χ0) is 16.0. The largest absolute Gasteiger partial charge is 0.393 e. The molecule has 116 valence electrons. The summed E-state index contributed by atoms with van der Waals surface area (Å²) in [6.07, 6.45) is 0.390. The van der Waals surface area contributed by atoms with Crippen molar-refractivity contribution >= 4 is 28.9 Å². The van der Waals surface area contributed by atoms with Gasteiger partial charge in [0.2, 0.25) is 0 Å². The molecule has 0 spiro atoms. The van der Waals surface area contributed by atoms with E-state index in [9.17, 15) is 13.6 Å². The normalized spacial score (nSPS) is 10.5. The number of anilines is 1. The fourth-order valence-corrected chi connectivity index (χ4v) is 1.84. The minimum atomic E-state index is -0.817. The van der Waals surface area contributed by atoms with Gasteiger partial charge in [-0.15, -0.1) is 0 Å². The van der Waals surface area contributed by atoms with Crippen LogP contribution in [0.3, 0.4) is 0 Å². The minimum Gasteiger partial charge on any atom is -0.393 e. The highest BCUT2D eigenvalue weighted by Gasteiger charge is 2.16. The van der Waals surface area contributed by atoms with Gasteiger partial charge < -0.3 is 16.0 Å². The Morgan fingerprint density at radius 1 is 1.43 bits per heavy atom. The molecule has 21 heavy (non-hydrogen) atoms. The van der Waals surface area contributed by atoms with E-state index in [4.69, 9.17) is 18.0 Å². The van der Waals surface area contributed by atoms with E-state index in [1.54, 1.807) is 0 Å². The monoisotopic (exact) mass is 315 g/mol. The number of nitrogens with two attached hydrogens (primary N) is 1. The maximum absolute atomic E-state index is 13.5. The lowest BCUT2D eigenvalue weighted by Gasteiger charge is -2.24. The van der Waals surface area contributed by atoms with Crippen LogP contribution in [-0.2, 0) is 0 Å². The predicted octanol–water partition coefficient (Wildman–Crippen LogP) is 3.13. The molecule has 0 saturated heterocycles. The molecule has 0 saturated carbocycles. The third kappa shape index (κ3) is 6.03. The molecule has 0 aromatic heterocycles. The number of nitrogens with one attached hydrogen (secondary N) is 1. The van der Waals surface area contributed by atoms with Gasteiger partial charge in [-0.05, 0) is 18.1 Å².